The number of hydrogen-bond acceptors (Lipinski definition) is 4. The van der Waals surface area contributed by atoms with E-state index >= 15 is 0 Å². The van der Waals surface area contributed by atoms with E-state index in [1.165, 1.54) is 12.0 Å². The highest BCUT2D eigenvalue weighted by Gasteiger charge is 2.22. The monoisotopic (exact) mass is 478 g/mol. The summed E-state index contributed by atoms with van der Waals surface area (Å²) in [5.41, 5.74) is 4.97. The molecular weight excluding hydrogens is 452 g/mol. The Hall–Kier alpha value is -4.67. The maximum atomic E-state index is 13.3. The van der Waals surface area contributed by atoms with Crippen molar-refractivity contribution in [3.05, 3.63) is 113 Å². The number of carbonyl (C=O) groups excluding carboxylic acids is 3. The summed E-state index contributed by atoms with van der Waals surface area (Å²) >= 11 is 0. The topological polar surface area (TPSA) is 75.7 Å². The molecule has 0 spiro atoms. The maximum Gasteiger partial charge on any atom is 0.258 e. The van der Waals surface area contributed by atoms with Crippen molar-refractivity contribution in [2.75, 3.05) is 19.5 Å². The fraction of sp³-hybridized carbons (Fsp3) is 0.133. The molecule has 0 radical (unpaired) electrons. The fourth-order valence-electron chi connectivity index (χ4n) is 4.09. The van der Waals surface area contributed by atoms with Gasteiger partial charge in [0.2, 0.25) is 0 Å². The Bertz CT molecular complexity index is 1430. The standard InChI is InChI=1S/C30H26N2O4/c1-20-13-15-24(21-9-5-4-6-10-21)25(17-20)29(34)31-26-16-14-22(18-28(26)36-3)30(35)32(2)27-12-8-7-11-23(27)19-33/h4-10,12-18H,11H2,1-3H3,(H,31,34). The molecule has 1 aliphatic carbocycles. The second-order valence-corrected chi connectivity index (χ2v) is 8.41. The molecule has 1 N–H and O–H groups in total. The van der Waals surface area contributed by atoms with Crippen molar-refractivity contribution in [1.82, 2.24) is 4.90 Å². The molecule has 0 saturated carbocycles. The van der Waals surface area contributed by atoms with Crippen molar-refractivity contribution in [2.24, 2.45) is 0 Å². The first-order chi connectivity index (χ1) is 17.4. The SMILES string of the molecule is COc1cc(C(=O)N(C)C2=CC=CCC2=C=O)ccc1NC(=O)c1cc(C)ccc1-c1ccccc1. The first-order valence-electron chi connectivity index (χ1n) is 11.5. The molecule has 6 nitrogen and oxygen atoms in total. The summed E-state index contributed by atoms with van der Waals surface area (Å²) in [5.74, 6) is 1.66. The van der Waals surface area contributed by atoms with Gasteiger partial charge in [-0.3, -0.25) is 9.59 Å². The highest BCUT2D eigenvalue weighted by molar-refractivity contribution is 6.09. The number of ether oxygens (including phenoxy) is 1. The second kappa shape index (κ2) is 10.7. The van der Waals surface area contributed by atoms with E-state index in [4.69, 9.17) is 4.74 Å². The van der Waals surface area contributed by atoms with Crippen LogP contribution in [0.4, 0.5) is 5.69 Å². The van der Waals surface area contributed by atoms with Gasteiger partial charge in [-0.1, -0.05) is 60.2 Å². The van der Waals surface area contributed by atoms with Crippen molar-refractivity contribution in [3.8, 4) is 16.9 Å². The number of rotatable bonds is 6. The third-order valence-corrected chi connectivity index (χ3v) is 6.01. The molecule has 0 aromatic heterocycles. The molecule has 0 bridgehead atoms. The summed E-state index contributed by atoms with van der Waals surface area (Å²) in [6.07, 6.45) is 5.76. The van der Waals surface area contributed by atoms with Crippen molar-refractivity contribution in [3.63, 3.8) is 0 Å². The quantitative estimate of drug-likeness (QED) is 0.468. The highest BCUT2D eigenvalue weighted by Crippen LogP contribution is 2.30. The summed E-state index contributed by atoms with van der Waals surface area (Å²) in [6.45, 7) is 1.94. The van der Waals surface area contributed by atoms with Gasteiger partial charge >= 0.3 is 0 Å². The number of carbonyl (C=O) groups is 2. The molecule has 180 valence electrons. The molecule has 4 rings (SSSR count). The minimum Gasteiger partial charge on any atom is -0.495 e. The van der Waals surface area contributed by atoms with E-state index in [9.17, 15) is 14.4 Å². The van der Waals surface area contributed by atoms with E-state index in [1.54, 1.807) is 37.4 Å². The van der Waals surface area contributed by atoms with Crippen LogP contribution in [0.2, 0.25) is 0 Å². The van der Waals surface area contributed by atoms with Crippen LogP contribution in [0.15, 0.2) is 96.2 Å². The van der Waals surface area contributed by atoms with E-state index < -0.39 is 0 Å². The lowest BCUT2D eigenvalue weighted by Crippen LogP contribution is -2.27. The fourth-order valence-corrected chi connectivity index (χ4v) is 4.09. The Balaban J connectivity index is 1.61. The molecule has 3 aromatic rings. The zero-order chi connectivity index (χ0) is 25.7. The lowest BCUT2D eigenvalue weighted by Gasteiger charge is -2.23. The lowest BCUT2D eigenvalue weighted by molar-refractivity contribution is 0.0838. The van der Waals surface area contributed by atoms with E-state index in [2.05, 4.69) is 5.32 Å². The van der Waals surface area contributed by atoms with E-state index in [0.29, 0.717) is 40.3 Å². The Morgan fingerprint density at radius 2 is 1.81 bits per heavy atom. The summed E-state index contributed by atoms with van der Waals surface area (Å²) in [6, 6.07) is 20.3. The van der Waals surface area contributed by atoms with Crippen LogP contribution in [-0.4, -0.2) is 36.8 Å². The van der Waals surface area contributed by atoms with Gasteiger partial charge < -0.3 is 15.0 Å². The van der Waals surface area contributed by atoms with Gasteiger partial charge in [0.05, 0.1) is 24.1 Å². The third-order valence-electron chi connectivity index (χ3n) is 6.01. The van der Waals surface area contributed by atoms with Crippen LogP contribution in [-0.2, 0) is 4.79 Å². The number of allylic oxidation sites excluding steroid dienone is 4. The van der Waals surface area contributed by atoms with Crippen molar-refractivity contribution >= 4 is 23.4 Å². The zero-order valence-corrected chi connectivity index (χ0v) is 20.4. The summed E-state index contributed by atoms with van der Waals surface area (Å²) < 4.78 is 5.50. The van der Waals surface area contributed by atoms with Crippen LogP contribution in [0.3, 0.4) is 0 Å². The average Bonchev–Trinajstić information content (AvgIpc) is 2.92. The van der Waals surface area contributed by atoms with Crippen LogP contribution in [0.25, 0.3) is 11.1 Å². The van der Waals surface area contributed by atoms with Crippen molar-refractivity contribution in [1.29, 1.82) is 0 Å². The van der Waals surface area contributed by atoms with Crippen LogP contribution in [0.5, 0.6) is 5.75 Å². The normalized spacial score (nSPS) is 12.4. The van der Waals surface area contributed by atoms with Gasteiger partial charge in [0, 0.05) is 24.6 Å². The molecule has 0 aliphatic heterocycles. The minimum atomic E-state index is -0.314. The number of likely N-dealkylation sites (N-methyl/N-ethyl adjacent to an activating group) is 1. The van der Waals surface area contributed by atoms with Gasteiger partial charge in [-0.05, 0) is 48.4 Å². The first kappa shape index (κ1) is 24.5. The van der Waals surface area contributed by atoms with Crippen molar-refractivity contribution in [2.45, 2.75) is 13.3 Å². The number of hydrogen-bond donors (Lipinski definition) is 1. The number of anilines is 1. The predicted octanol–water partition coefficient (Wildman–Crippen LogP) is 5.60. The second-order valence-electron chi connectivity index (χ2n) is 8.41. The van der Waals surface area contributed by atoms with E-state index in [1.807, 2.05) is 67.5 Å². The summed E-state index contributed by atoms with van der Waals surface area (Å²) in [4.78, 5) is 39.2. The molecular formula is C30H26N2O4. The Labute approximate surface area is 210 Å². The molecule has 2 amide bonds. The number of benzene rings is 3. The van der Waals surface area contributed by atoms with Gasteiger partial charge in [-0.2, -0.15) is 0 Å². The molecule has 6 heteroatoms. The largest absolute Gasteiger partial charge is 0.495 e. The number of methoxy groups -OCH3 is 1. The van der Waals surface area contributed by atoms with Gasteiger partial charge in [-0.15, -0.1) is 0 Å². The van der Waals surface area contributed by atoms with Crippen LogP contribution in [0, 0.1) is 6.92 Å². The number of nitrogens with zero attached hydrogens (tertiary/aromatic N) is 1. The first-order valence-corrected chi connectivity index (χ1v) is 11.5. The summed E-state index contributed by atoms with van der Waals surface area (Å²) in [5, 5.41) is 2.93. The van der Waals surface area contributed by atoms with Gasteiger partial charge in [0.25, 0.3) is 11.8 Å². The molecule has 0 fully saturated rings. The lowest BCUT2D eigenvalue weighted by atomic mass is 9.97. The Kier molecular flexibility index (Phi) is 7.28. The Morgan fingerprint density at radius 1 is 1.03 bits per heavy atom. The zero-order valence-electron chi connectivity index (χ0n) is 20.4. The van der Waals surface area contributed by atoms with Crippen LogP contribution >= 0.6 is 0 Å². The number of nitrogens with one attached hydrogen (secondary N) is 1. The molecule has 0 atom stereocenters. The van der Waals surface area contributed by atoms with Gasteiger partial charge in [0.1, 0.15) is 11.7 Å². The van der Waals surface area contributed by atoms with E-state index in [0.717, 1.165) is 16.7 Å². The molecule has 3 aromatic carbocycles. The molecule has 1 aliphatic rings. The van der Waals surface area contributed by atoms with E-state index in [-0.39, 0.29) is 11.8 Å². The number of amides is 2. The third kappa shape index (κ3) is 5.04. The molecule has 0 saturated heterocycles. The van der Waals surface area contributed by atoms with Gasteiger partial charge in [0.15, 0.2) is 0 Å². The molecule has 0 unspecified atom stereocenters. The van der Waals surface area contributed by atoms with Crippen LogP contribution < -0.4 is 10.1 Å². The van der Waals surface area contributed by atoms with Crippen molar-refractivity contribution < 1.29 is 19.1 Å². The average molecular weight is 479 g/mol. The van der Waals surface area contributed by atoms with Crippen LogP contribution in [0.1, 0.15) is 32.7 Å². The smallest absolute Gasteiger partial charge is 0.258 e. The van der Waals surface area contributed by atoms with Gasteiger partial charge in [-0.25, -0.2) is 4.79 Å². The summed E-state index contributed by atoms with van der Waals surface area (Å²) in [7, 11) is 3.09. The Morgan fingerprint density at radius 3 is 2.53 bits per heavy atom. The number of aryl methyl sites for hydroxylation is 1. The molecule has 0 heterocycles. The maximum absolute atomic E-state index is 13.3. The minimum absolute atomic E-state index is 0.285. The highest BCUT2D eigenvalue weighted by atomic mass is 16.5. The molecule has 36 heavy (non-hydrogen) atoms. The predicted molar refractivity (Wildman–Crippen MR) is 141 cm³/mol.